The molecule has 2 aliphatic rings. The minimum Gasteiger partial charge on any atom is -0.350 e. The van der Waals surface area contributed by atoms with Crippen LogP contribution in [0.25, 0.3) is 0 Å². The number of amides is 1. The topological polar surface area (TPSA) is 102 Å². The van der Waals surface area contributed by atoms with Gasteiger partial charge >= 0.3 is 0 Å². The molecule has 1 fully saturated rings. The van der Waals surface area contributed by atoms with Crippen LogP contribution in [0.2, 0.25) is 0 Å². The van der Waals surface area contributed by atoms with E-state index in [1.165, 1.54) is 21.3 Å². The summed E-state index contributed by atoms with van der Waals surface area (Å²) in [6.07, 6.45) is 4.56. The van der Waals surface area contributed by atoms with Crippen LogP contribution in [0.3, 0.4) is 0 Å². The smallest absolute Gasteiger partial charge is 0.260 e. The van der Waals surface area contributed by atoms with Crippen LogP contribution in [0.1, 0.15) is 37.6 Å². The molecule has 0 saturated heterocycles. The van der Waals surface area contributed by atoms with E-state index in [0.717, 1.165) is 30.7 Å². The molecular formula is C17H24N6O3S. The maximum absolute atomic E-state index is 13.0. The van der Waals surface area contributed by atoms with Gasteiger partial charge in [0.25, 0.3) is 10.0 Å². The normalized spacial score (nSPS) is 18.1. The summed E-state index contributed by atoms with van der Waals surface area (Å²) >= 11 is 0. The van der Waals surface area contributed by atoms with Crippen LogP contribution < -0.4 is 5.32 Å². The molecule has 2 aromatic heterocycles. The molecule has 4 rings (SSSR count). The first-order valence-electron chi connectivity index (χ1n) is 9.34. The molecule has 0 spiro atoms. The molecule has 1 amide bonds. The molecule has 1 aliphatic heterocycles. The molecule has 146 valence electrons. The van der Waals surface area contributed by atoms with Gasteiger partial charge in [-0.25, -0.2) is 8.42 Å². The van der Waals surface area contributed by atoms with E-state index in [4.69, 9.17) is 0 Å². The SMILES string of the molecule is CCn1nccc1S(=O)(=O)N1CCn2nc(CNC(=O)C3CCC3)cc2C1. The molecular weight excluding hydrogens is 368 g/mol. The molecule has 0 atom stereocenters. The van der Waals surface area contributed by atoms with Gasteiger partial charge in [0.2, 0.25) is 5.91 Å². The number of fused-ring (bicyclic) bond motifs is 1. The Morgan fingerprint density at radius 2 is 2.15 bits per heavy atom. The van der Waals surface area contributed by atoms with Crippen molar-refractivity contribution in [3.63, 3.8) is 0 Å². The van der Waals surface area contributed by atoms with Gasteiger partial charge in [0.05, 0.1) is 37.2 Å². The van der Waals surface area contributed by atoms with Crippen molar-refractivity contribution in [3.8, 4) is 0 Å². The zero-order chi connectivity index (χ0) is 19.0. The van der Waals surface area contributed by atoms with Gasteiger partial charge in [-0.15, -0.1) is 0 Å². The fourth-order valence-electron chi connectivity index (χ4n) is 3.50. The van der Waals surface area contributed by atoms with E-state index in [1.54, 1.807) is 0 Å². The molecule has 0 radical (unpaired) electrons. The second-order valence-electron chi connectivity index (χ2n) is 7.02. The summed E-state index contributed by atoms with van der Waals surface area (Å²) in [7, 11) is -3.60. The molecule has 1 N–H and O–H groups in total. The number of hydrogen-bond donors (Lipinski definition) is 1. The fourth-order valence-corrected chi connectivity index (χ4v) is 5.06. The van der Waals surface area contributed by atoms with Crippen molar-refractivity contribution in [2.45, 2.75) is 57.4 Å². The van der Waals surface area contributed by atoms with E-state index >= 15 is 0 Å². The summed E-state index contributed by atoms with van der Waals surface area (Å²) < 4.78 is 30.7. The third kappa shape index (κ3) is 3.39. The molecule has 2 aromatic rings. The van der Waals surface area contributed by atoms with Crippen LogP contribution in [-0.2, 0) is 41.0 Å². The number of carbonyl (C=O) groups excluding carboxylic acids is 1. The largest absolute Gasteiger partial charge is 0.350 e. The number of aryl methyl sites for hydroxylation is 1. The van der Waals surface area contributed by atoms with Crippen molar-refractivity contribution >= 4 is 15.9 Å². The molecule has 10 heteroatoms. The lowest BCUT2D eigenvalue weighted by molar-refractivity contribution is -0.127. The Kier molecular flexibility index (Phi) is 4.77. The number of sulfonamides is 1. The maximum Gasteiger partial charge on any atom is 0.260 e. The summed E-state index contributed by atoms with van der Waals surface area (Å²) in [6, 6.07) is 3.41. The molecule has 0 aromatic carbocycles. The lowest BCUT2D eigenvalue weighted by atomic mass is 9.85. The first kappa shape index (κ1) is 18.2. The van der Waals surface area contributed by atoms with Gasteiger partial charge in [-0.1, -0.05) is 6.42 Å². The van der Waals surface area contributed by atoms with Gasteiger partial charge in [0.15, 0.2) is 5.03 Å². The summed E-state index contributed by atoms with van der Waals surface area (Å²) in [4.78, 5) is 12.0. The number of nitrogens with zero attached hydrogens (tertiary/aromatic N) is 5. The number of rotatable bonds is 6. The maximum atomic E-state index is 13.0. The van der Waals surface area contributed by atoms with E-state index in [0.29, 0.717) is 26.2 Å². The third-order valence-corrected chi connectivity index (χ3v) is 7.18. The quantitative estimate of drug-likeness (QED) is 0.780. The summed E-state index contributed by atoms with van der Waals surface area (Å²) in [6.45, 7) is 3.86. The number of hydrogen-bond acceptors (Lipinski definition) is 5. The minimum absolute atomic E-state index is 0.0873. The van der Waals surface area contributed by atoms with Crippen molar-refractivity contribution < 1.29 is 13.2 Å². The fraction of sp³-hybridized carbons (Fsp3) is 0.588. The Balaban J connectivity index is 1.45. The van der Waals surface area contributed by atoms with Gasteiger partial charge < -0.3 is 5.32 Å². The molecule has 9 nitrogen and oxygen atoms in total. The molecule has 0 unspecified atom stereocenters. The predicted octanol–water partition coefficient (Wildman–Crippen LogP) is 0.720. The van der Waals surface area contributed by atoms with Crippen molar-refractivity contribution in [1.29, 1.82) is 0 Å². The van der Waals surface area contributed by atoms with E-state index in [-0.39, 0.29) is 23.4 Å². The first-order chi connectivity index (χ1) is 13.0. The Morgan fingerprint density at radius 1 is 1.33 bits per heavy atom. The average molecular weight is 392 g/mol. The molecule has 1 aliphatic carbocycles. The second-order valence-corrected chi connectivity index (χ2v) is 8.90. The lowest BCUT2D eigenvalue weighted by Gasteiger charge is -2.26. The predicted molar refractivity (Wildman–Crippen MR) is 96.9 cm³/mol. The summed E-state index contributed by atoms with van der Waals surface area (Å²) in [5.41, 5.74) is 1.59. The van der Waals surface area contributed by atoms with Crippen molar-refractivity contribution in [3.05, 3.63) is 29.7 Å². The first-order valence-corrected chi connectivity index (χ1v) is 10.8. The van der Waals surface area contributed by atoms with E-state index in [2.05, 4.69) is 15.5 Å². The Labute approximate surface area is 158 Å². The number of aromatic nitrogens is 4. The van der Waals surface area contributed by atoms with E-state index in [9.17, 15) is 13.2 Å². The highest BCUT2D eigenvalue weighted by Crippen LogP contribution is 2.26. The van der Waals surface area contributed by atoms with Gasteiger partial charge in [0.1, 0.15) is 0 Å². The number of nitrogens with one attached hydrogen (secondary N) is 1. The lowest BCUT2D eigenvalue weighted by Crippen LogP contribution is -2.39. The summed E-state index contributed by atoms with van der Waals surface area (Å²) in [5.74, 6) is 0.232. The van der Waals surface area contributed by atoms with E-state index in [1.807, 2.05) is 17.7 Å². The van der Waals surface area contributed by atoms with Crippen LogP contribution in [0.15, 0.2) is 23.4 Å². The molecule has 1 saturated carbocycles. The second kappa shape index (κ2) is 7.08. The molecule has 0 bridgehead atoms. The van der Waals surface area contributed by atoms with Crippen molar-refractivity contribution in [2.24, 2.45) is 5.92 Å². The zero-order valence-electron chi connectivity index (χ0n) is 15.3. The summed E-state index contributed by atoms with van der Waals surface area (Å²) in [5, 5.41) is 11.7. The Bertz CT molecular complexity index is 944. The molecule has 3 heterocycles. The number of carbonyl (C=O) groups is 1. The van der Waals surface area contributed by atoms with Crippen LogP contribution in [0.5, 0.6) is 0 Å². The Morgan fingerprint density at radius 3 is 2.85 bits per heavy atom. The van der Waals surface area contributed by atoms with Gasteiger partial charge in [-0.05, 0) is 31.9 Å². The zero-order valence-corrected chi connectivity index (χ0v) is 16.2. The van der Waals surface area contributed by atoms with Gasteiger partial charge in [0, 0.05) is 19.0 Å². The third-order valence-electron chi connectivity index (χ3n) is 5.31. The van der Waals surface area contributed by atoms with Crippen LogP contribution in [0, 0.1) is 5.92 Å². The average Bonchev–Trinajstić information content (AvgIpc) is 3.24. The highest BCUT2D eigenvalue weighted by atomic mass is 32.2. The standard InChI is InChI=1S/C17H24N6O3S/c1-2-22-16(6-7-19-22)27(25,26)21-8-9-23-15(12-21)10-14(20-23)11-18-17(24)13-4-3-5-13/h6-7,10,13H,2-5,8-9,11-12H2,1H3,(H,18,24). The van der Waals surface area contributed by atoms with Crippen LogP contribution in [-0.4, -0.2) is 44.7 Å². The highest BCUT2D eigenvalue weighted by molar-refractivity contribution is 7.89. The highest BCUT2D eigenvalue weighted by Gasteiger charge is 2.31. The molecule has 27 heavy (non-hydrogen) atoms. The Hall–Kier alpha value is -2.20. The van der Waals surface area contributed by atoms with Crippen LogP contribution >= 0.6 is 0 Å². The van der Waals surface area contributed by atoms with Crippen molar-refractivity contribution in [2.75, 3.05) is 6.54 Å². The van der Waals surface area contributed by atoms with Gasteiger partial charge in [-0.2, -0.15) is 14.5 Å². The monoisotopic (exact) mass is 392 g/mol. The minimum atomic E-state index is -3.60. The van der Waals surface area contributed by atoms with Gasteiger partial charge in [-0.3, -0.25) is 14.2 Å². The van der Waals surface area contributed by atoms with Crippen molar-refractivity contribution in [1.82, 2.24) is 29.2 Å². The van der Waals surface area contributed by atoms with E-state index < -0.39 is 10.0 Å². The van der Waals surface area contributed by atoms with Crippen LogP contribution in [0.4, 0.5) is 0 Å².